The summed E-state index contributed by atoms with van der Waals surface area (Å²) < 4.78 is 1.50. The molecule has 4 rings (SSSR count). The van der Waals surface area contributed by atoms with Crippen LogP contribution in [0.25, 0.3) is 16.7 Å². The van der Waals surface area contributed by atoms with Crippen LogP contribution in [0, 0.1) is 27.7 Å². The minimum atomic E-state index is -0.194. The molecule has 0 N–H and O–H groups in total. The first kappa shape index (κ1) is 21.0. The Labute approximate surface area is 185 Å². The minimum Gasteiger partial charge on any atom is -0.293 e. The Morgan fingerprint density at radius 3 is 2.48 bits per heavy atom. The minimum absolute atomic E-state index is 0.0109. The van der Waals surface area contributed by atoms with Gasteiger partial charge in [-0.15, -0.1) is 0 Å². The number of ketones is 1. The van der Waals surface area contributed by atoms with E-state index in [1.165, 1.54) is 16.3 Å². The van der Waals surface area contributed by atoms with Crippen LogP contribution >= 0.6 is 11.8 Å². The van der Waals surface area contributed by atoms with Crippen LogP contribution in [0.15, 0.2) is 64.7 Å². The molecule has 0 fully saturated rings. The number of para-hydroxylation sites is 1. The van der Waals surface area contributed by atoms with Gasteiger partial charge in [0.05, 0.1) is 16.7 Å². The summed E-state index contributed by atoms with van der Waals surface area (Å²) in [6.45, 7) is 7.94. The van der Waals surface area contributed by atoms with E-state index in [-0.39, 0.29) is 17.1 Å². The van der Waals surface area contributed by atoms with Crippen LogP contribution in [0.4, 0.5) is 0 Å². The molecule has 2 aromatic carbocycles. The van der Waals surface area contributed by atoms with E-state index in [0.717, 1.165) is 22.3 Å². The second-order valence-electron chi connectivity index (χ2n) is 7.71. The fourth-order valence-electron chi connectivity index (χ4n) is 3.52. The average Bonchev–Trinajstić information content (AvgIpc) is 2.74. The smallest absolute Gasteiger partial charge is 0.267 e. The van der Waals surface area contributed by atoms with Crippen LogP contribution in [-0.2, 0) is 0 Å². The highest BCUT2D eigenvalue weighted by Gasteiger charge is 2.17. The van der Waals surface area contributed by atoms with Crippen LogP contribution in [0.1, 0.15) is 32.6 Å². The average molecular weight is 430 g/mol. The molecule has 0 saturated heterocycles. The standard InChI is InChI=1S/C25H23N3O2S/c1-15-9-10-26-23(11-15)28-24(30)19-7-5-6-8-21(19)27-25(28)31-14-22(29)20-13-17(3)16(2)12-18(20)4/h5-13H,14H2,1-4H3. The molecular formula is C25H23N3O2S. The van der Waals surface area contributed by atoms with E-state index in [0.29, 0.717) is 27.4 Å². The van der Waals surface area contributed by atoms with E-state index in [4.69, 9.17) is 4.98 Å². The van der Waals surface area contributed by atoms with E-state index < -0.39 is 0 Å². The van der Waals surface area contributed by atoms with Crippen LogP contribution < -0.4 is 5.56 Å². The first-order valence-electron chi connectivity index (χ1n) is 10.0. The normalized spacial score (nSPS) is 11.1. The second kappa shape index (κ2) is 8.47. The zero-order valence-corrected chi connectivity index (χ0v) is 18.8. The molecule has 0 saturated carbocycles. The van der Waals surface area contributed by atoms with Crippen molar-refractivity contribution >= 4 is 28.4 Å². The van der Waals surface area contributed by atoms with Crippen molar-refractivity contribution < 1.29 is 4.79 Å². The number of fused-ring (bicyclic) bond motifs is 1. The summed E-state index contributed by atoms with van der Waals surface area (Å²) >= 11 is 1.26. The first-order valence-corrected chi connectivity index (χ1v) is 11.0. The van der Waals surface area contributed by atoms with Crippen molar-refractivity contribution in [1.82, 2.24) is 14.5 Å². The molecular weight excluding hydrogens is 406 g/mol. The summed E-state index contributed by atoms with van der Waals surface area (Å²) in [7, 11) is 0. The lowest BCUT2D eigenvalue weighted by molar-refractivity contribution is 0.102. The molecule has 0 aliphatic carbocycles. The van der Waals surface area contributed by atoms with Gasteiger partial charge in [0.1, 0.15) is 5.82 Å². The maximum atomic E-state index is 13.3. The molecule has 0 aliphatic rings. The summed E-state index contributed by atoms with van der Waals surface area (Å²) in [5.41, 5.74) is 5.32. The Balaban J connectivity index is 1.77. The van der Waals surface area contributed by atoms with Gasteiger partial charge in [0.25, 0.3) is 5.56 Å². The van der Waals surface area contributed by atoms with Gasteiger partial charge in [-0.2, -0.15) is 0 Å². The second-order valence-corrected chi connectivity index (χ2v) is 8.65. The Morgan fingerprint density at radius 2 is 1.71 bits per heavy atom. The van der Waals surface area contributed by atoms with Crippen molar-refractivity contribution in [1.29, 1.82) is 0 Å². The van der Waals surface area contributed by atoms with Crippen LogP contribution in [0.5, 0.6) is 0 Å². The highest BCUT2D eigenvalue weighted by atomic mass is 32.2. The molecule has 4 aromatic rings. The molecule has 0 aliphatic heterocycles. The predicted octanol–water partition coefficient (Wildman–Crippen LogP) is 4.99. The Morgan fingerprint density at radius 1 is 0.968 bits per heavy atom. The maximum absolute atomic E-state index is 13.3. The number of carbonyl (C=O) groups excluding carboxylic acids is 1. The summed E-state index contributed by atoms with van der Waals surface area (Å²) in [6, 6.07) is 14.9. The number of pyridine rings is 1. The number of nitrogens with zero attached hydrogens (tertiary/aromatic N) is 3. The number of thioether (sulfide) groups is 1. The summed E-state index contributed by atoms with van der Waals surface area (Å²) in [4.78, 5) is 35.4. The topological polar surface area (TPSA) is 64.8 Å². The Bertz CT molecular complexity index is 1380. The van der Waals surface area contributed by atoms with Gasteiger partial charge in [-0.25, -0.2) is 14.5 Å². The molecule has 0 atom stereocenters. The number of carbonyl (C=O) groups is 1. The van der Waals surface area contributed by atoms with E-state index in [2.05, 4.69) is 4.98 Å². The third kappa shape index (κ3) is 4.16. The van der Waals surface area contributed by atoms with Gasteiger partial charge < -0.3 is 0 Å². The molecule has 5 nitrogen and oxygen atoms in total. The zero-order valence-electron chi connectivity index (χ0n) is 18.0. The molecule has 0 bridgehead atoms. The van der Waals surface area contributed by atoms with Crippen molar-refractivity contribution in [3.8, 4) is 5.82 Å². The number of Topliss-reactive ketones (excluding diaryl/α,β-unsaturated/α-hetero) is 1. The third-order valence-corrected chi connectivity index (χ3v) is 6.29. The lowest BCUT2D eigenvalue weighted by Crippen LogP contribution is -2.23. The number of hydrogen-bond donors (Lipinski definition) is 0. The van der Waals surface area contributed by atoms with Crippen molar-refractivity contribution in [2.45, 2.75) is 32.9 Å². The van der Waals surface area contributed by atoms with E-state index >= 15 is 0 Å². The van der Waals surface area contributed by atoms with Gasteiger partial charge in [-0.3, -0.25) is 9.59 Å². The first-order chi connectivity index (χ1) is 14.8. The highest BCUT2D eigenvalue weighted by Crippen LogP contribution is 2.23. The summed E-state index contributed by atoms with van der Waals surface area (Å²) in [6.07, 6.45) is 1.67. The molecule has 2 aromatic heterocycles. The largest absolute Gasteiger partial charge is 0.293 e. The number of rotatable bonds is 5. The maximum Gasteiger partial charge on any atom is 0.267 e. The van der Waals surface area contributed by atoms with Gasteiger partial charge >= 0.3 is 0 Å². The molecule has 0 unspecified atom stereocenters. The fraction of sp³-hybridized carbons (Fsp3) is 0.200. The van der Waals surface area contributed by atoms with E-state index in [1.807, 2.05) is 70.2 Å². The van der Waals surface area contributed by atoms with Crippen LogP contribution in [0.2, 0.25) is 0 Å². The van der Waals surface area contributed by atoms with Crippen molar-refractivity contribution in [3.05, 3.63) is 92.9 Å². The molecule has 156 valence electrons. The quantitative estimate of drug-likeness (QED) is 0.254. The van der Waals surface area contributed by atoms with E-state index in [1.54, 1.807) is 12.3 Å². The molecule has 2 heterocycles. The Kier molecular flexibility index (Phi) is 5.74. The summed E-state index contributed by atoms with van der Waals surface area (Å²) in [5, 5.41) is 0.975. The van der Waals surface area contributed by atoms with Gasteiger partial charge in [0, 0.05) is 11.8 Å². The Hall–Kier alpha value is -3.25. The SMILES string of the molecule is Cc1ccnc(-n2c(SCC(=O)c3cc(C)c(C)cc3C)nc3ccccc3c2=O)c1. The number of aromatic nitrogens is 3. The number of aryl methyl sites for hydroxylation is 4. The van der Waals surface area contributed by atoms with Crippen LogP contribution in [0.3, 0.4) is 0 Å². The summed E-state index contributed by atoms with van der Waals surface area (Å²) in [5.74, 6) is 0.692. The molecule has 31 heavy (non-hydrogen) atoms. The molecule has 6 heteroatoms. The van der Waals surface area contributed by atoms with Crippen molar-refractivity contribution in [2.75, 3.05) is 5.75 Å². The van der Waals surface area contributed by atoms with Crippen molar-refractivity contribution in [3.63, 3.8) is 0 Å². The van der Waals surface area contributed by atoms with Crippen LogP contribution in [-0.4, -0.2) is 26.1 Å². The third-order valence-electron chi connectivity index (χ3n) is 5.35. The highest BCUT2D eigenvalue weighted by molar-refractivity contribution is 7.99. The van der Waals surface area contributed by atoms with E-state index in [9.17, 15) is 9.59 Å². The molecule has 0 spiro atoms. The number of benzene rings is 2. The molecule has 0 radical (unpaired) electrons. The van der Waals surface area contributed by atoms with Crippen molar-refractivity contribution in [2.24, 2.45) is 0 Å². The van der Waals surface area contributed by atoms with Gasteiger partial charge in [-0.1, -0.05) is 30.0 Å². The monoisotopic (exact) mass is 429 g/mol. The zero-order chi connectivity index (χ0) is 22.1. The molecule has 0 amide bonds. The predicted molar refractivity (Wildman–Crippen MR) is 126 cm³/mol. The number of hydrogen-bond acceptors (Lipinski definition) is 5. The fourth-order valence-corrected chi connectivity index (χ4v) is 4.41. The van der Waals surface area contributed by atoms with Gasteiger partial charge in [0.2, 0.25) is 0 Å². The lowest BCUT2D eigenvalue weighted by atomic mass is 9.99. The van der Waals surface area contributed by atoms with Gasteiger partial charge in [0.15, 0.2) is 10.9 Å². The van der Waals surface area contributed by atoms with Gasteiger partial charge in [-0.05, 0) is 80.3 Å². The lowest BCUT2D eigenvalue weighted by Gasteiger charge is -2.13.